The Labute approximate surface area is 117 Å². The normalized spacial score (nSPS) is 10.6. The Kier molecular flexibility index (Phi) is 4.50. The van der Waals surface area contributed by atoms with Crippen LogP contribution in [0.3, 0.4) is 0 Å². The van der Waals surface area contributed by atoms with Gasteiger partial charge >= 0.3 is 0 Å². The lowest BCUT2D eigenvalue weighted by Gasteiger charge is -2.10. The van der Waals surface area contributed by atoms with E-state index < -0.39 is 0 Å². The molecule has 0 saturated heterocycles. The molecule has 2 rings (SSSR count). The lowest BCUT2D eigenvalue weighted by Crippen LogP contribution is -2.03. The minimum Gasteiger partial charge on any atom is -0.324 e. The van der Waals surface area contributed by atoms with Gasteiger partial charge in [0, 0.05) is 24.0 Å². The predicted molar refractivity (Wildman–Crippen MR) is 76.9 cm³/mol. The minimum atomic E-state index is 0.629. The Bertz CT molecular complexity index is 523. The van der Waals surface area contributed by atoms with Gasteiger partial charge in [0.25, 0.3) is 0 Å². The van der Waals surface area contributed by atoms with E-state index in [9.17, 15) is 0 Å². The molecule has 18 heavy (non-hydrogen) atoms. The van der Waals surface area contributed by atoms with Gasteiger partial charge in [0.2, 0.25) is 5.95 Å². The number of aryl methyl sites for hydroxylation is 1. The summed E-state index contributed by atoms with van der Waals surface area (Å²) >= 11 is 12.1. The number of halogens is 2. The van der Waals surface area contributed by atoms with E-state index in [1.165, 1.54) is 0 Å². The van der Waals surface area contributed by atoms with Crippen molar-refractivity contribution in [1.82, 2.24) is 9.55 Å². The van der Waals surface area contributed by atoms with E-state index >= 15 is 0 Å². The summed E-state index contributed by atoms with van der Waals surface area (Å²) in [4.78, 5) is 4.29. The van der Waals surface area contributed by atoms with Crippen molar-refractivity contribution >= 4 is 34.8 Å². The molecule has 0 saturated carbocycles. The van der Waals surface area contributed by atoms with Gasteiger partial charge in [0.15, 0.2) is 0 Å². The third-order valence-corrected chi connectivity index (χ3v) is 3.21. The molecule has 0 aliphatic heterocycles. The average Bonchev–Trinajstić information content (AvgIpc) is 2.79. The summed E-state index contributed by atoms with van der Waals surface area (Å²) in [6.45, 7) is 3.11. The lowest BCUT2D eigenvalue weighted by atomic mass is 10.3. The van der Waals surface area contributed by atoms with Gasteiger partial charge in [0.05, 0.1) is 10.7 Å². The molecule has 2 aromatic rings. The Morgan fingerprint density at radius 2 is 2.17 bits per heavy atom. The van der Waals surface area contributed by atoms with Crippen molar-refractivity contribution in [2.75, 3.05) is 5.32 Å². The maximum atomic E-state index is 6.11. The van der Waals surface area contributed by atoms with E-state index in [0.717, 1.165) is 31.0 Å². The molecule has 0 atom stereocenters. The van der Waals surface area contributed by atoms with E-state index in [1.807, 2.05) is 6.20 Å². The van der Waals surface area contributed by atoms with Crippen LogP contribution in [0.25, 0.3) is 0 Å². The fourth-order valence-electron chi connectivity index (χ4n) is 1.66. The van der Waals surface area contributed by atoms with Crippen molar-refractivity contribution in [3.63, 3.8) is 0 Å². The molecule has 1 aromatic carbocycles. The zero-order chi connectivity index (χ0) is 13.0. The van der Waals surface area contributed by atoms with Crippen LogP contribution in [0, 0.1) is 0 Å². The van der Waals surface area contributed by atoms with E-state index in [4.69, 9.17) is 23.2 Å². The van der Waals surface area contributed by atoms with Crippen LogP contribution in [-0.4, -0.2) is 9.55 Å². The minimum absolute atomic E-state index is 0.629. The Morgan fingerprint density at radius 1 is 1.33 bits per heavy atom. The average molecular weight is 284 g/mol. The maximum Gasteiger partial charge on any atom is 0.207 e. The Hall–Kier alpha value is -1.19. The van der Waals surface area contributed by atoms with Crippen LogP contribution in [-0.2, 0) is 6.54 Å². The molecule has 0 aliphatic rings. The highest BCUT2D eigenvalue weighted by atomic mass is 35.5. The molecule has 0 aliphatic carbocycles. The number of hydrogen-bond acceptors (Lipinski definition) is 2. The molecule has 0 fully saturated rings. The molecule has 3 nitrogen and oxygen atoms in total. The van der Waals surface area contributed by atoms with Crippen LogP contribution in [0.4, 0.5) is 11.6 Å². The number of anilines is 2. The highest BCUT2D eigenvalue weighted by Crippen LogP contribution is 2.27. The summed E-state index contributed by atoms with van der Waals surface area (Å²) in [5.41, 5.74) is 0.771. The van der Waals surface area contributed by atoms with Gasteiger partial charge in [-0.15, -0.1) is 0 Å². The van der Waals surface area contributed by atoms with E-state index in [2.05, 4.69) is 21.8 Å². The standard InChI is InChI=1S/C13H15Cl2N3/c1-2-3-7-18-8-6-16-13(18)17-12-9-10(14)4-5-11(12)15/h4-6,8-9H,2-3,7H2,1H3,(H,16,17). The second kappa shape index (κ2) is 6.12. The van der Waals surface area contributed by atoms with E-state index in [1.54, 1.807) is 24.4 Å². The lowest BCUT2D eigenvalue weighted by molar-refractivity contribution is 0.638. The molecular weight excluding hydrogens is 269 g/mol. The van der Waals surface area contributed by atoms with Crippen LogP contribution in [0.2, 0.25) is 10.0 Å². The van der Waals surface area contributed by atoms with Crippen LogP contribution in [0.5, 0.6) is 0 Å². The molecule has 0 unspecified atom stereocenters. The van der Waals surface area contributed by atoms with Crippen LogP contribution in [0.1, 0.15) is 19.8 Å². The van der Waals surface area contributed by atoms with Gasteiger partial charge in [-0.1, -0.05) is 36.5 Å². The quantitative estimate of drug-likeness (QED) is 0.859. The molecular formula is C13H15Cl2N3. The van der Waals surface area contributed by atoms with Crippen molar-refractivity contribution < 1.29 is 0 Å². The summed E-state index contributed by atoms with van der Waals surface area (Å²) in [6.07, 6.45) is 6.00. The zero-order valence-corrected chi connectivity index (χ0v) is 11.7. The largest absolute Gasteiger partial charge is 0.324 e. The van der Waals surface area contributed by atoms with Gasteiger partial charge in [0.1, 0.15) is 0 Å². The molecule has 0 radical (unpaired) electrons. The Morgan fingerprint density at radius 3 is 2.94 bits per heavy atom. The van der Waals surface area contributed by atoms with Crippen LogP contribution < -0.4 is 5.32 Å². The fourth-order valence-corrected chi connectivity index (χ4v) is 1.99. The summed E-state index contributed by atoms with van der Waals surface area (Å²) in [7, 11) is 0. The summed E-state index contributed by atoms with van der Waals surface area (Å²) in [5.74, 6) is 0.785. The number of aromatic nitrogens is 2. The van der Waals surface area contributed by atoms with Crippen molar-refractivity contribution in [3.05, 3.63) is 40.6 Å². The number of hydrogen-bond donors (Lipinski definition) is 1. The zero-order valence-electron chi connectivity index (χ0n) is 10.2. The molecule has 1 N–H and O–H groups in total. The van der Waals surface area contributed by atoms with Crippen molar-refractivity contribution in [2.24, 2.45) is 0 Å². The summed E-state index contributed by atoms with van der Waals surface area (Å²) in [6, 6.07) is 5.33. The highest BCUT2D eigenvalue weighted by molar-refractivity contribution is 6.35. The summed E-state index contributed by atoms with van der Waals surface area (Å²) < 4.78 is 2.07. The second-order valence-electron chi connectivity index (χ2n) is 4.05. The molecule has 5 heteroatoms. The van der Waals surface area contributed by atoms with Crippen LogP contribution >= 0.6 is 23.2 Å². The van der Waals surface area contributed by atoms with Crippen molar-refractivity contribution in [3.8, 4) is 0 Å². The SMILES string of the molecule is CCCCn1ccnc1Nc1cc(Cl)ccc1Cl. The van der Waals surface area contributed by atoms with Gasteiger partial charge < -0.3 is 9.88 Å². The predicted octanol–water partition coefficient (Wildman–Crippen LogP) is 4.73. The fraction of sp³-hybridized carbons (Fsp3) is 0.308. The number of imidazole rings is 1. The van der Waals surface area contributed by atoms with Crippen molar-refractivity contribution in [1.29, 1.82) is 0 Å². The Balaban J connectivity index is 2.18. The van der Waals surface area contributed by atoms with E-state index in [0.29, 0.717) is 10.0 Å². The number of rotatable bonds is 5. The van der Waals surface area contributed by atoms with Crippen molar-refractivity contribution in [2.45, 2.75) is 26.3 Å². The monoisotopic (exact) mass is 283 g/mol. The number of nitrogens with one attached hydrogen (secondary N) is 1. The van der Waals surface area contributed by atoms with E-state index in [-0.39, 0.29) is 0 Å². The topological polar surface area (TPSA) is 29.9 Å². The van der Waals surface area contributed by atoms with Gasteiger partial charge in [-0.2, -0.15) is 0 Å². The number of unbranched alkanes of at least 4 members (excludes halogenated alkanes) is 1. The molecule has 96 valence electrons. The maximum absolute atomic E-state index is 6.11. The molecule has 0 spiro atoms. The molecule has 1 aromatic heterocycles. The summed E-state index contributed by atoms with van der Waals surface area (Å²) in [5, 5.41) is 4.48. The first kappa shape index (κ1) is 13.2. The van der Waals surface area contributed by atoms with Crippen LogP contribution in [0.15, 0.2) is 30.6 Å². The number of benzene rings is 1. The van der Waals surface area contributed by atoms with Gasteiger partial charge in [-0.3, -0.25) is 0 Å². The van der Waals surface area contributed by atoms with Gasteiger partial charge in [-0.05, 0) is 24.6 Å². The first-order chi connectivity index (χ1) is 8.70. The third kappa shape index (κ3) is 3.18. The number of nitrogens with zero attached hydrogens (tertiary/aromatic N) is 2. The first-order valence-electron chi connectivity index (χ1n) is 5.94. The third-order valence-electron chi connectivity index (χ3n) is 2.64. The first-order valence-corrected chi connectivity index (χ1v) is 6.69. The highest BCUT2D eigenvalue weighted by Gasteiger charge is 2.06. The van der Waals surface area contributed by atoms with Gasteiger partial charge in [-0.25, -0.2) is 4.98 Å². The molecule has 1 heterocycles. The molecule has 0 amide bonds. The second-order valence-corrected chi connectivity index (χ2v) is 4.89. The smallest absolute Gasteiger partial charge is 0.207 e. The molecule has 0 bridgehead atoms.